The quantitative estimate of drug-likeness (QED) is 0.940. The Kier molecular flexibility index (Phi) is 4.06. The summed E-state index contributed by atoms with van der Waals surface area (Å²) in [7, 11) is -3.59. The van der Waals surface area contributed by atoms with Crippen LogP contribution in [0.2, 0.25) is 0 Å². The summed E-state index contributed by atoms with van der Waals surface area (Å²) < 4.78 is 32.6. The number of benzene rings is 1. The van der Waals surface area contributed by atoms with Crippen molar-refractivity contribution < 1.29 is 12.9 Å². The third kappa shape index (κ3) is 2.80. The molecule has 2 aromatic rings. The van der Waals surface area contributed by atoms with E-state index in [0.717, 1.165) is 19.3 Å². The Morgan fingerprint density at radius 1 is 1.32 bits per heavy atom. The summed E-state index contributed by atoms with van der Waals surface area (Å²) in [5.41, 5.74) is 2.99. The van der Waals surface area contributed by atoms with Crippen molar-refractivity contribution in [3.63, 3.8) is 0 Å². The van der Waals surface area contributed by atoms with Gasteiger partial charge in [-0.25, -0.2) is 13.1 Å². The maximum absolute atomic E-state index is 12.5. The fraction of sp³-hybridized carbons (Fsp3) is 0.438. The summed E-state index contributed by atoms with van der Waals surface area (Å²) in [6, 6.07) is 8.28. The van der Waals surface area contributed by atoms with Gasteiger partial charge in [0.05, 0.1) is 0 Å². The highest BCUT2D eigenvalue weighted by Crippen LogP contribution is 2.31. The van der Waals surface area contributed by atoms with Gasteiger partial charge in [0.15, 0.2) is 5.76 Å². The summed E-state index contributed by atoms with van der Waals surface area (Å²) in [5, 5.41) is 3.72. The molecule has 1 N–H and O–H groups in total. The van der Waals surface area contributed by atoms with Crippen molar-refractivity contribution in [2.45, 2.75) is 43.9 Å². The van der Waals surface area contributed by atoms with E-state index in [4.69, 9.17) is 4.52 Å². The lowest BCUT2D eigenvalue weighted by Crippen LogP contribution is -2.30. The van der Waals surface area contributed by atoms with Gasteiger partial charge >= 0.3 is 0 Å². The maximum atomic E-state index is 12.5. The second-order valence-corrected chi connectivity index (χ2v) is 7.50. The highest BCUT2D eigenvalue weighted by molar-refractivity contribution is 7.89. The number of hydrogen-bond donors (Lipinski definition) is 1. The van der Waals surface area contributed by atoms with Gasteiger partial charge in [0.2, 0.25) is 10.0 Å². The molecule has 0 bridgehead atoms. The van der Waals surface area contributed by atoms with Crippen LogP contribution in [0.5, 0.6) is 0 Å². The molecule has 0 spiro atoms. The summed E-state index contributed by atoms with van der Waals surface area (Å²) in [6.45, 7) is 3.66. The summed E-state index contributed by atoms with van der Waals surface area (Å²) in [6.07, 6.45) is 3.17. The van der Waals surface area contributed by atoms with E-state index >= 15 is 0 Å². The molecule has 3 rings (SSSR count). The van der Waals surface area contributed by atoms with Gasteiger partial charge in [0, 0.05) is 6.54 Å². The monoisotopic (exact) mass is 320 g/mol. The lowest BCUT2D eigenvalue weighted by molar-refractivity contribution is 0.390. The Morgan fingerprint density at radius 2 is 2.09 bits per heavy atom. The molecule has 5 nitrogen and oxygen atoms in total. The maximum Gasteiger partial charge on any atom is 0.245 e. The molecular formula is C16H20N2O3S. The molecule has 0 saturated carbocycles. The van der Waals surface area contributed by atoms with E-state index in [1.54, 1.807) is 13.8 Å². The Balaban J connectivity index is 1.79. The molecule has 6 heteroatoms. The first kappa shape index (κ1) is 15.2. The van der Waals surface area contributed by atoms with E-state index in [9.17, 15) is 8.42 Å². The molecule has 0 aliphatic heterocycles. The molecule has 1 aliphatic carbocycles. The van der Waals surface area contributed by atoms with Crippen molar-refractivity contribution in [1.29, 1.82) is 0 Å². The van der Waals surface area contributed by atoms with Gasteiger partial charge < -0.3 is 4.52 Å². The van der Waals surface area contributed by atoms with Crippen LogP contribution in [0, 0.1) is 13.8 Å². The van der Waals surface area contributed by atoms with E-state index in [2.05, 4.69) is 22.0 Å². The Hall–Kier alpha value is -1.66. The zero-order valence-corrected chi connectivity index (χ0v) is 13.6. The normalized spacial score (nSPS) is 18.2. The van der Waals surface area contributed by atoms with Crippen LogP contribution in [0.15, 0.2) is 33.7 Å². The van der Waals surface area contributed by atoms with Crippen molar-refractivity contribution in [1.82, 2.24) is 9.88 Å². The van der Waals surface area contributed by atoms with Crippen molar-refractivity contribution in [2.75, 3.05) is 6.54 Å². The van der Waals surface area contributed by atoms with Crippen LogP contribution in [-0.4, -0.2) is 20.1 Å². The molecule has 1 unspecified atom stereocenters. The van der Waals surface area contributed by atoms with Gasteiger partial charge in [0.25, 0.3) is 0 Å². The molecule has 0 amide bonds. The third-order valence-corrected chi connectivity index (χ3v) is 5.92. The number of hydrogen-bond acceptors (Lipinski definition) is 4. The zero-order valence-electron chi connectivity index (χ0n) is 12.8. The SMILES string of the molecule is Cc1noc(C)c1S(=O)(=O)NCC1CCCc2ccccc21. The summed E-state index contributed by atoms with van der Waals surface area (Å²) >= 11 is 0. The zero-order chi connectivity index (χ0) is 15.7. The third-order valence-electron chi connectivity index (χ3n) is 4.25. The van der Waals surface area contributed by atoms with Gasteiger partial charge in [0.1, 0.15) is 10.6 Å². The molecule has 0 fully saturated rings. The average Bonchev–Trinajstić information content (AvgIpc) is 2.85. The van der Waals surface area contributed by atoms with Gasteiger partial charge in [-0.1, -0.05) is 29.4 Å². The van der Waals surface area contributed by atoms with Crippen LogP contribution in [0.25, 0.3) is 0 Å². The van der Waals surface area contributed by atoms with Crippen LogP contribution in [0.1, 0.15) is 41.3 Å². The van der Waals surface area contributed by atoms with Crippen molar-refractivity contribution in [3.05, 3.63) is 46.8 Å². The first-order valence-electron chi connectivity index (χ1n) is 7.49. The highest BCUT2D eigenvalue weighted by Gasteiger charge is 2.26. The lowest BCUT2D eigenvalue weighted by Gasteiger charge is -2.25. The van der Waals surface area contributed by atoms with Crippen LogP contribution >= 0.6 is 0 Å². The molecule has 1 aliphatic rings. The Morgan fingerprint density at radius 3 is 2.82 bits per heavy atom. The van der Waals surface area contributed by atoms with Gasteiger partial charge in [-0.3, -0.25) is 0 Å². The van der Waals surface area contributed by atoms with E-state index in [-0.39, 0.29) is 10.8 Å². The largest absolute Gasteiger partial charge is 0.360 e. The Bertz CT molecular complexity index is 761. The fourth-order valence-corrected chi connectivity index (χ4v) is 4.61. The minimum atomic E-state index is -3.59. The van der Waals surface area contributed by atoms with Crippen molar-refractivity contribution >= 4 is 10.0 Å². The van der Waals surface area contributed by atoms with Crippen molar-refractivity contribution in [3.8, 4) is 0 Å². The highest BCUT2D eigenvalue weighted by atomic mass is 32.2. The molecule has 1 atom stereocenters. The number of sulfonamides is 1. The smallest absolute Gasteiger partial charge is 0.245 e. The summed E-state index contributed by atoms with van der Waals surface area (Å²) in [5.74, 6) is 0.550. The van der Waals surface area contributed by atoms with Crippen molar-refractivity contribution in [2.24, 2.45) is 0 Å². The van der Waals surface area contributed by atoms with Gasteiger partial charge in [-0.15, -0.1) is 0 Å². The predicted octanol–water partition coefficient (Wildman–Crippen LogP) is 2.69. The second-order valence-electron chi connectivity index (χ2n) is 5.79. The van der Waals surface area contributed by atoms with Gasteiger partial charge in [-0.05, 0) is 50.2 Å². The lowest BCUT2D eigenvalue weighted by atomic mass is 9.83. The minimum absolute atomic E-state index is 0.164. The number of aryl methyl sites for hydroxylation is 3. The van der Waals surface area contributed by atoms with Gasteiger partial charge in [-0.2, -0.15) is 0 Å². The Labute approximate surface area is 130 Å². The molecule has 0 saturated heterocycles. The van der Waals surface area contributed by atoms with E-state index < -0.39 is 10.0 Å². The molecular weight excluding hydrogens is 300 g/mol. The number of nitrogens with zero attached hydrogens (tertiary/aromatic N) is 1. The molecule has 1 aromatic heterocycles. The number of nitrogens with one attached hydrogen (secondary N) is 1. The predicted molar refractivity (Wildman–Crippen MR) is 83.3 cm³/mol. The van der Waals surface area contributed by atoms with E-state index in [1.807, 2.05) is 12.1 Å². The molecule has 1 heterocycles. The molecule has 1 aromatic carbocycles. The first-order valence-corrected chi connectivity index (χ1v) is 8.97. The molecule has 118 valence electrons. The van der Waals surface area contributed by atoms with Crippen LogP contribution < -0.4 is 4.72 Å². The average molecular weight is 320 g/mol. The van der Waals surface area contributed by atoms with Crippen LogP contribution in [0.3, 0.4) is 0 Å². The number of fused-ring (bicyclic) bond motifs is 1. The first-order chi connectivity index (χ1) is 10.5. The van der Waals surface area contributed by atoms with Crippen LogP contribution in [0.4, 0.5) is 0 Å². The topological polar surface area (TPSA) is 72.2 Å². The molecule has 22 heavy (non-hydrogen) atoms. The second kappa shape index (κ2) is 5.85. The fourth-order valence-electron chi connectivity index (χ4n) is 3.21. The number of rotatable bonds is 4. The van der Waals surface area contributed by atoms with E-state index in [0.29, 0.717) is 18.0 Å². The summed E-state index contributed by atoms with van der Waals surface area (Å²) in [4.78, 5) is 0.164. The standard InChI is InChI=1S/C16H20N2O3S/c1-11-16(12(2)21-18-11)22(19,20)17-10-14-8-5-7-13-6-3-4-9-15(13)14/h3-4,6,9,14,17H,5,7-8,10H2,1-2H3. The minimum Gasteiger partial charge on any atom is -0.360 e. The number of aromatic nitrogens is 1. The van der Waals surface area contributed by atoms with Crippen LogP contribution in [-0.2, 0) is 16.4 Å². The molecule has 0 radical (unpaired) electrons. The van der Waals surface area contributed by atoms with E-state index in [1.165, 1.54) is 11.1 Å².